The Balaban J connectivity index is 2.89. The molecular weight excluding hydrogens is 166 g/mol. The number of carbonyl (C=O) groups excluding carboxylic acids is 1. The van der Waals surface area contributed by atoms with Crippen molar-refractivity contribution in [2.45, 2.75) is 13.0 Å². The lowest BCUT2D eigenvalue weighted by molar-refractivity contribution is 0.0763. The number of aliphatic hydroxyl groups excluding tert-OH is 1. The fourth-order valence-electron chi connectivity index (χ4n) is 1.10. The Kier molecular flexibility index (Phi) is 3.17. The van der Waals surface area contributed by atoms with Crippen LogP contribution in [0.25, 0.3) is 0 Å². The van der Waals surface area contributed by atoms with Crippen LogP contribution in [0.3, 0.4) is 0 Å². The van der Waals surface area contributed by atoms with Crippen LogP contribution < -0.4 is 5.73 Å². The molecule has 0 amide bonds. The van der Waals surface area contributed by atoms with Gasteiger partial charge in [0.25, 0.3) is 0 Å². The molecule has 0 heterocycles. The second kappa shape index (κ2) is 4.16. The molecule has 13 heavy (non-hydrogen) atoms. The number of Topliss-reactive ketones (excluding diaryl/α,β-unsaturated/α-hetero) is 1. The molecule has 0 fully saturated rings. The first kappa shape index (κ1) is 9.89. The van der Waals surface area contributed by atoms with Crippen LogP contribution in [0.4, 0.5) is 0 Å². The average molecular weight is 179 g/mol. The lowest BCUT2D eigenvalue weighted by atomic mass is 10.0. The minimum absolute atomic E-state index is 0.0349. The third-order valence-corrected chi connectivity index (χ3v) is 1.83. The second-order valence-corrected chi connectivity index (χ2v) is 2.99. The lowest BCUT2D eigenvalue weighted by Crippen LogP contribution is -2.29. The number of hydrogen-bond donors (Lipinski definition) is 2. The minimum Gasteiger partial charge on any atom is -0.384 e. The summed E-state index contributed by atoms with van der Waals surface area (Å²) in [7, 11) is 0. The first-order chi connectivity index (χ1) is 6.15. The normalized spacial score (nSPS) is 12.5. The molecule has 0 saturated carbocycles. The molecule has 3 nitrogen and oxygen atoms in total. The molecule has 3 N–H and O–H groups in total. The van der Waals surface area contributed by atoms with E-state index in [0.717, 1.165) is 5.56 Å². The van der Waals surface area contributed by atoms with Gasteiger partial charge in [0.05, 0.1) is 0 Å². The molecule has 1 rings (SSSR count). The fraction of sp³-hybridized carbons (Fsp3) is 0.300. The number of benzene rings is 1. The summed E-state index contributed by atoms with van der Waals surface area (Å²) in [5, 5.41) is 9.20. The van der Waals surface area contributed by atoms with Crippen LogP contribution in [-0.2, 0) is 0 Å². The topological polar surface area (TPSA) is 63.3 Å². The first-order valence-corrected chi connectivity index (χ1v) is 4.14. The highest BCUT2D eigenvalue weighted by Gasteiger charge is 2.14. The number of carbonyl (C=O) groups is 1. The summed E-state index contributed by atoms with van der Waals surface area (Å²) in [6, 6.07) is 7.09. The Morgan fingerprint density at radius 2 is 2.31 bits per heavy atom. The van der Waals surface area contributed by atoms with Crippen molar-refractivity contribution in [3.63, 3.8) is 0 Å². The summed E-state index contributed by atoms with van der Waals surface area (Å²) < 4.78 is 0. The van der Waals surface area contributed by atoms with Gasteiger partial charge in [-0.1, -0.05) is 23.8 Å². The maximum absolute atomic E-state index is 11.4. The largest absolute Gasteiger partial charge is 0.384 e. The van der Waals surface area contributed by atoms with Crippen LogP contribution in [0.2, 0.25) is 0 Å². The maximum atomic E-state index is 11.4. The standard InChI is InChI=1S/C10H13NO2/c1-7-3-2-4-8(5-7)10(13)9(12)6-11/h2-5,9,12H,6,11H2,1H3. The Morgan fingerprint density at radius 3 is 2.85 bits per heavy atom. The highest BCUT2D eigenvalue weighted by Crippen LogP contribution is 2.06. The van der Waals surface area contributed by atoms with Gasteiger partial charge >= 0.3 is 0 Å². The number of aryl methyl sites for hydroxylation is 1. The molecule has 1 aromatic rings. The van der Waals surface area contributed by atoms with Gasteiger partial charge < -0.3 is 10.8 Å². The van der Waals surface area contributed by atoms with Crippen LogP contribution >= 0.6 is 0 Å². The van der Waals surface area contributed by atoms with Gasteiger partial charge in [-0.2, -0.15) is 0 Å². The molecular formula is C10H13NO2. The van der Waals surface area contributed by atoms with E-state index in [-0.39, 0.29) is 12.3 Å². The Morgan fingerprint density at radius 1 is 1.62 bits per heavy atom. The van der Waals surface area contributed by atoms with E-state index in [2.05, 4.69) is 0 Å². The molecule has 0 aliphatic carbocycles. The van der Waals surface area contributed by atoms with Crippen LogP contribution in [-0.4, -0.2) is 23.5 Å². The molecule has 0 saturated heterocycles. The third kappa shape index (κ3) is 2.37. The highest BCUT2D eigenvalue weighted by atomic mass is 16.3. The van der Waals surface area contributed by atoms with Crippen LogP contribution in [0, 0.1) is 6.92 Å². The monoisotopic (exact) mass is 179 g/mol. The van der Waals surface area contributed by atoms with Crippen molar-refractivity contribution in [1.82, 2.24) is 0 Å². The summed E-state index contributed by atoms with van der Waals surface area (Å²) in [5.74, 6) is -0.314. The number of hydrogen-bond acceptors (Lipinski definition) is 3. The molecule has 0 aromatic heterocycles. The minimum atomic E-state index is -1.08. The summed E-state index contributed by atoms with van der Waals surface area (Å²) in [6.45, 7) is 1.86. The molecule has 1 atom stereocenters. The predicted octanol–water partition coefficient (Wildman–Crippen LogP) is 0.497. The molecule has 3 heteroatoms. The number of ketones is 1. The molecule has 0 aliphatic heterocycles. The average Bonchev–Trinajstić information content (AvgIpc) is 2.15. The summed E-state index contributed by atoms with van der Waals surface area (Å²) in [6.07, 6.45) is -1.08. The van der Waals surface area contributed by atoms with Gasteiger partial charge in [-0.15, -0.1) is 0 Å². The molecule has 0 radical (unpaired) electrons. The number of nitrogens with two attached hydrogens (primary N) is 1. The van der Waals surface area contributed by atoms with Crippen molar-refractivity contribution in [2.75, 3.05) is 6.54 Å². The van der Waals surface area contributed by atoms with E-state index in [0.29, 0.717) is 5.56 Å². The predicted molar refractivity (Wildman–Crippen MR) is 50.6 cm³/mol. The SMILES string of the molecule is Cc1cccc(C(=O)C(O)CN)c1. The Hall–Kier alpha value is -1.19. The van der Waals surface area contributed by atoms with Gasteiger partial charge in [0.2, 0.25) is 0 Å². The van der Waals surface area contributed by atoms with E-state index in [4.69, 9.17) is 5.73 Å². The van der Waals surface area contributed by atoms with Crippen LogP contribution in [0.1, 0.15) is 15.9 Å². The molecule has 0 bridgehead atoms. The smallest absolute Gasteiger partial charge is 0.192 e. The van der Waals surface area contributed by atoms with Crippen molar-refractivity contribution >= 4 is 5.78 Å². The van der Waals surface area contributed by atoms with E-state index in [1.165, 1.54) is 0 Å². The Labute approximate surface area is 77.2 Å². The Bertz CT molecular complexity index is 310. The molecule has 1 unspecified atom stereocenters. The van der Waals surface area contributed by atoms with Crippen molar-refractivity contribution in [3.05, 3.63) is 35.4 Å². The lowest BCUT2D eigenvalue weighted by Gasteiger charge is -2.06. The first-order valence-electron chi connectivity index (χ1n) is 4.14. The molecule has 70 valence electrons. The zero-order chi connectivity index (χ0) is 9.84. The van der Waals surface area contributed by atoms with Crippen molar-refractivity contribution < 1.29 is 9.90 Å². The van der Waals surface area contributed by atoms with E-state index in [1.807, 2.05) is 13.0 Å². The second-order valence-electron chi connectivity index (χ2n) is 2.99. The van der Waals surface area contributed by atoms with E-state index < -0.39 is 6.10 Å². The molecule has 1 aromatic carbocycles. The van der Waals surface area contributed by atoms with Crippen LogP contribution in [0.5, 0.6) is 0 Å². The zero-order valence-electron chi connectivity index (χ0n) is 7.53. The summed E-state index contributed by atoms with van der Waals surface area (Å²) in [5.41, 5.74) is 6.68. The number of aliphatic hydroxyl groups is 1. The maximum Gasteiger partial charge on any atom is 0.192 e. The van der Waals surface area contributed by atoms with Crippen molar-refractivity contribution in [2.24, 2.45) is 5.73 Å². The fourth-order valence-corrected chi connectivity index (χ4v) is 1.10. The van der Waals surface area contributed by atoms with Crippen LogP contribution in [0.15, 0.2) is 24.3 Å². The van der Waals surface area contributed by atoms with E-state index in [1.54, 1.807) is 18.2 Å². The van der Waals surface area contributed by atoms with Crippen molar-refractivity contribution in [3.8, 4) is 0 Å². The van der Waals surface area contributed by atoms with Gasteiger partial charge in [0.15, 0.2) is 5.78 Å². The van der Waals surface area contributed by atoms with Gasteiger partial charge in [0, 0.05) is 12.1 Å². The molecule has 0 aliphatic rings. The van der Waals surface area contributed by atoms with Gasteiger partial charge in [0.1, 0.15) is 6.10 Å². The van der Waals surface area contributed by atoms with Gasteiger partial charge in [-0.05, 0) is 13.0 Å². The van der Waals surface area contributed by atoms with E-state index in [9.17, 15) is 9.90 Å². The highest BCUT2D eigenvalue weighted by molar-refractivity contribution is 5.99. The van der Waals surface area contributed by atoms with E-state index >= 15 is 0 Å². The summed E-state index contributed by atoms with van der Waals surface area (Å²) in [4.78, 5) is 11.4. The molecule has 0 spiro atoms. The van der Waals surface area contributed by atoms with Gasteiger partial charge in [-0.25, -0.2) is 0 Å². The quantitative estimate of drug-likeness (QED) is 0.664. The van der Waals surface area contributed by atoms with Crippen molar-refractivity contribution in [1.29, 1.82) is 0 Å². The van der Waals surface area contributed by atoms with Gasteiger partial charge in [-0.3, -0.25) is 4.79 Å². The zero-order valence-corrected chi connectivity index (χ0v) is 7.53. The third-order valence-electron chi connectivity index (χ3n) is 1.83. The summed E-state index contributed by atoms with van der Waals surface area (Å²) >= 11 is 0. The number of rotatable bonds is 3.